The van der Waals surface area contributed by atoms with Gasteiger partial charge in [-0.25, -0.2) is 8.42 Å². The average Bonchev–Trinajstić information content (AvgIpc) is 3.12. The van der Waals surface area contributed by atoms with Crippen molar-refractivity contribution in [1.29, 1.82) is 0 Å². The van der Waals surface area contributed by atoms with E-state index in [2.05, 4.69) is 14.9 Å². The molecule has 3 rings (SSSR count). The third-order valence-electron chi connectivity index (χ3n) is 2.82. The van der Waals surface area contributed by atoms with Gasteiger partial charge in [-0.2, -0.15) is 5.10 Å². The van der Waals surface area contributed by atoms with Gasteiger partial charge in [0.25, 0.3) is 10.0 Å². The Morgan fingerprint density at radius 2 is 2.10 bits per heavy atom. The lowest BCUT2D eigenvalue weighted by atomic mass is 10.2. The monoisotopic (exact) mass is 295 g/mol. The lowest BCUT2D eigenvalue weighted by Gasteiger charge is -2.12. The van der Waals surface area contributed by atoms with E-state index in [0.717, 1.165) is 5.56 Å². The van der Waals surface area contributed by atoms with Crippen LogP contribution in [0, 0.1) is 0 Å². The molecule has 1 aromatic heterocycles. The average molecular weight is 295 g/mol. The highest BCUT2D eigenvalue weighted by molar-refractivity contribution is 7.92. The Bertz CT molecular complexity index is 678. The van der Waals surface area contributed by atoms with Crippen LogP contribution >= 0.6 is 0 Å². The summed E-state index contributed by atoms with van der Waals surface area (Å²) in [7, 11) is -3.64. The molecule has 1 aliphatic rings. The molecule has 2 heterocycles. The minimum absolute atomic E-state index is 0.0799. The number of rotatable bonds is 4. The van der Waals surface area contributed by atoms with Gasteiger partial charge < -0.3 is 9.47 Å². The first-order valence-corrected chi connectivity index (χ1v) is 7.48. The molecule has 1 fully saturated rings. The van der Waals surface area contributed by atoms with Crippen molar-refractivity contribution < 1.29 is 17.9 Å². The molecule has 0 amide bonds. The Labute approximate surface area is 116 Å². The van der Waals surface area contributed by atoms with Crippen LogP contribution in [0.5, 0.6) is 0 Å². The van der Waals surface area contributed by atoms with Gasteiger partial charge in [0.2, 0.25) is 0 Å². The van der Waals surface area contributed by atoms with Crippen molar-refractivity contribution in [3.8, 4) is 0 Å². The number of nitrogens with one attached hydrogen (secondary N) is 2. The van der Waals surface area contributed by atoms with Crippen LogP contribution in [-0.4, -0.2) is 31.8 Å². The maximum atomic E-state index is 12.1. The first kappa shape index (κ1) is 13.1. The third-order valence-corrected chi connectivity index (χ3v) is 4.16. The quantitative estimate of drug-likeness (QED) is 0.885. The van der Waals surface area contributed by atoms with Crippen LogP contribution < -0.4 is 4.72 Å². The zero-order valence-electron chi connectivity index (χ0n) is 10.4. The smallest absolute Gasteiger partial charge is 0.265 e. The summed E-state index contributed by atoms with van der Waals surface area (Å²) < 4.78 is 37.4. The summed E-state index contributed by atoms with van der Waals surface area (Å²) in [6.07, 6.45) is 2.12. The van der Waals surface area contributed by atoms with Crippen LogP contribution in [0.15, 0.2) is 41.6 Å². The standard InChI is InChI=1S/C12H13N3O4S/c16-20(17,11-7-13-14-8-11)15-10-3-1-2-9(6-10)12-18-4-5-19-12/h1-3,6-8,12,15H,4-5H2,(H,13,14). The number of benzene rings is 1. The molecule has 20 heavy (non-hydrogen) atoms. The van der Waals surface area contributed by atoms with Crippen molar-refractivity contribution in [3.63, 3.8) is 0 Å². The fraction of sp³-hybridized carbons (Fsp3) is 0.250. The molecule has 7 nitrogen and oxygen atoms in total. The van der Waals surface area contributed by atoms with Crippen molar-refractivity contribution >= 4 is 15.7 Å². The molecule has 0 saturated carbocycles. The van der Waals surface area contributed by atoms with E-state index in [4.69, 9.17) is 9.47 Å². The van der Waals surface area contributed by atoms with E-state index in [1.165, 1.54) is 12.4 Å². The van der Waals surface area contributed by atoms with Crippen LogP contribution in [-0.2, 0) is 19.5 Å². The van der Waals surface area contributed by atoms with Gasteiger partial charge in [0, 0.05) is 17.4 Å². The molecule has 0 aliphatic carbocycles. The van der Waals surface area contributed by atoms with Gasteiger partial charge in [-0.15, -0.1) is 0 Å². The van der Waals surface area contributed by atoms with Gasteiger partial charge in [-0.05, 0) is 12.1 Å². The number of aromatic nitrogens is 2. The number of sulfonamides is 1. The highest BCUT2D eigenvalue weighted by atomic mass is 32.2. The van der Waals surface area contributed by atoms with E-state index in [0.29, 0.717) is 18.9 Å². The number of H-pyrrole nitrogens is 1. The zero-order chi connectivity index (χ0) is 14.0. The molecular formula is C12H13N3O4S. The molecule has 1 aliphatic heterocycles. The van der Waals surface area contributed by atoms with Crippen LogP contribution in [0.2, 0.25) is 0 Å². The molecule has 0 radical (unpaired) electrons. The highest BCUT2D eigenvalue weighted by Gasteiger charge is 2.20. The Morgan fingerprint density at radius 1 is 1.30 bits per heavy atom. The first-order valence-electron chi connectivity index (χ1n) is 6.00. The molecule has 106 valence electrons. The van der Waals surface area contributed by atoms with E-state index < -0.39 is 16.3 Å². The number of ether oxygens (including phenoxy) is 2. The Hall–Kier alpha value is -1.90. The predicted molar refractivity (Wildman–Crippen MR) is 70.5 cm³/mol. The summed E-state index contributed by atoms with van der Waals surface area (Å²) in [6, 6.07) is 6.92. The number of anilines is 1. The molecule has 8 heteroatoms. The van der Waals surface area contributed by atoms with Crippen LogP contribution in [0.25, 0.3) is 0 Å². The van der Waals surface area contributed by atoms with Gasteiger partial charge >= 0.3 is 0 Å². The highest BCUT2D eigenvalue weighted by Crippen LogP contribution is 2.26. The van der Waals surface area contributed by atoms with E-state index in [-0.39, 0.29) is 4.90 Å². The molecule has 1 saturated heterocycles. The minimum atomic E-state index is -3.64. The van der Waals surface area contributed by atoms with Crippen molar-refractivity contribution in [3.05, 3.63) is 42.2 Å². The molecule has 0 atom stereocenters. The number of nitrogens with zero attached hydrogens (tertiary/aromatic N) is 1. The molecule has 2 aromatic rings. The van der Waals surface area contributed by atoms with Crippen molar-refractivity contribution in [1.82, 2.24) is 10.2 Å². The first-order chi connectivity index (χ1) is 9.65. The zero-order valence-corrected chi connectivity index (χ0v) is 11.3. The fourth-order valence-electron chi connectivity index (χ4n) is 1.90. The Morgan fingerprint density at radius 3 is 2.80 bits per heavy atom. The summed E-state index contributed by atoms with van der Waals surface area (Å²) in [4.78, 5) is 0.0799. The second-order valence-electron chi connectivity index (χ2n) is 4.24. The van der Waals surface area contributed by atoms with E-state index in [1.807, 2.05) is 6.07 Å². The van der Waals surface area contributed by atoms with Crippen LogP contribution in [0.4, 0.5) is 5.69 Å². The number of hydrogen-bond donors (Lipinski definition) is 2. The summed E-state index contributed by atoms with van der Waals surface area (Å²) in [6.45, 7) is 1.07. The van der Waals surface area contributed by atoms with Crippen LogP contribution in [0.1, 0.15) is 11.9 Å². The lowest BCUT2D eigenvalue weighted by molar-refractivity contribution is -0.0440. The molecule has 0 bridgehead atoms. The van der Waals surface area contributed by atoms with Crippen molar-refractivity contribution in [2.24, 2.45) is 0 Å². The van der Waals surface area contributed by atoms with Crippen molar-refractivity contribution in [2.75, 3.05) is 17.9 Å². The second-order valence-corrected chi connectivity index (χ2v) is 5.92. The van der Waals surface area contributed by atoms with E-state index in [9.17, 15) is 8.42 Å². The van der Waals surface area contributed by atoms with Gasteiger partial charge in [0.15, 0.2) is 6.29 Å². The summed E-state index contributed by atoms with van der Waals surface area (Å²) in [5.41, 5.74) is 1.22. The lowest BCUT2D eigenvalue weighted by Crippen LogP contribution is -2.12. The number of aromatic amines is 1. The molecular weight excluding hydrogens is 282 g/mol. The third kappa shape index (κ3) is 2.67. The summed E-state index contributed by atoms with van der Waals surface area (Å²) in [5.74, 6) is 0. The normalized spacial score (nSPS) is 16.4. The van der Waals surface area contributed by atoms with Gasteiger partial charge in [-0.1, -0.05) is 12.1 Å². The predicted octanol–water partition coefficient (Wildman–Crippen LogP) is 1.26. The molecule has 1 aromatic carbocycles. The van der Waals surface area contributed by atoms with Gasteiger partial charge in [0.05, 0.1) is 19.4 Å². The van der Waals surface area contributed by atoms with Crippen molar-refractivity contribution in [2.45, 2.75) is 11.2 Å². The molecule has 2 N–H and O–H groups in total. The van der Waals surface area contributed by atoms with Gasteiger partial charge in [-0.3, -0.25) is 9.82 Å². The SMILES string of the molecule is O=S(=O)(Nc1cccc(C2OCCO2)c1)c1cn[nH]c1. The van der Waals surface area contributed by atoms with E-state index >= 15 is 0 Å². The van der Waals surface area contributed by atoms with E-state index in [1.54, 1.807) is 18.2 Å². The largest absolute Gasteiger partial charge is 0.346 e. The summed E-state index contributed by atoms with van der Waals surface area (Å²) in [5, 5.41) is 6.10. The Balaban J connectivity index is 1.82. The Kier molecular flexibility index (Phi) is 3.43. The number of hydrogen-bond acceptors (Lipinski definition) is 5. The maximum absolute atomic E-state index is 12.1. The summed E-state index contributed by atoms with van der Waals surface area (Å²) >= 11 is 0. The maximum Gasteiger partial charge on any atom is 0.265 e. The fourth-order valence-corrected chi connectivity index (χ4v) is 2.85. The molecule has 0 spiro atoms. The topological polar surface area (TPSA) is 93.3 Å². The van der Waals surface area contributed by atoms with Crippen LogP contribution in [0.3, 0.4) is 0 Å². The minimum Gasteiger partial charge on any atom is -0.346 e. The molecule has 0 unspecified atom stereocenters. The van der Waals surface area contributed by atoms with Gasteiger partial charge in [0.1, 0.15) is 4.90 Å². The second kappa shape index (κ2) is 5.23.